The van der Waals surface area contributed by atoms with Crippen LogP contribution in [0.1, 0.15) is 12.0 Å². The Morgan fingerprint density at radius 2 is 2.03 bits per heavy atom. The van der Waals surface area contributed by atoms with Gasteiger partial charge in [0.2, 0.25) is 0 Å². The number of halogens is 1. The van der Waals surface area contributed by atoms with Crippen LogP contribution in [0.3, 0.4) is 0 Å². The maximum Gasteiger partial charge on any atom is 0.173 e. The molecule has 0 spiro atoms. The summed E-state index contributed by atoms with van der Waals surface area (Å²) in [6, 6.07) is 9.51. The molecule has 0 bridgehead atoms. The highest BCUT2D eigenvalue weighted by atomic mass is 35.5. The molecular formula is C21H27ClN4O2S. The van der Waals surface area contributed by atoms with Crippen LogP contribution in [0.15, 0.2) is 42.7 Å². The largest absolute Gasteiger partial charge is 0.495 e. The number of nitrogens with one attached hydrogen (secondary N) is 1. The van der Waals surface area contributed by atoms with Crippen LogP contribution >= 0.6 is 23.8 Å². The summed E-state index contributed by atoms with van der Waals surface area (Å²) in [4.78, 5) is 8.72. The number of nitrogens with zero attached hydrogens (tertiary/aromatic N) is 3. The molecule has 1 saturated heterocycles. The summed E-state index contributed by atoms with van der Waals surface area (Å²) in [6.07, 6.45) is 4.63. The average Bonchev–Trinajstić information content (AvgIpc) is 2.75. The van der Waals surface area contributed by atoms with Gasteiger partial charge in [0, 0.05) is 56.2 Å². The van der Waals surface area contributed by atoms with E-state index in [2.05, 4.69) is 20.1 Å². The fourth-order valence-electron chi connectivity index (χ4n) is 3.23. The lowest BCUT2D eigenvalue weighted by atomic mass is 10.2. The minimum Gasteiger partial charge on any atom is -0.495 e. The molecule has 3 rings (SSSR count). The monoisotopic (exact) mass is 434 g/mol. The lowest BCUT2D eigenvalue weighted by molar-refractivity contribution is 0.0368. The Balaban J connectivity index is 1.65. The first-order chi connectivity index (χ1) is 14.2. The van der Waals surface area contributed by atoms with E-state index in [0.29, 0.717) is 22.4 Å². The van der Waals surface area contributed by atoms with Crippen molar-refractivity contribution < 1.29 is 9.47 Å². The smallest absolute Gasteiger partial charge is 0.173 e. The highest BCUT2D eigenvalue weighted by Crippen LogP contribution is 2.28. The van der Waals surface area contributed by atoms with Crippen molar-refractivity contribution in [3.63, 3.8) is 0 Å². The zero-order valence-corrected chi connectivity index (χ0v) is 18.2. The van der Waals surface area contributed by atoms with E-state index in [1.807, 2.05) is 24.3 Å². The van der Waals surface area contributed by atoms with Crippen LogP contribution in [-0.2, 0) is 11.3 Å². The van der Waals surface area contributed by atoms with Crippen LogP contribution in [0.5, 0.6) is 5.75 Å². The number of anilines is 1. The zero-order valence-electron chi connectivity index (χ0n) is 16.6. The number of morpholine rings is 1. The first-order valence-electron chi connectivity index (χ1n) is 9.74. The first-order valence-corrected chi connectivity index (χ1v) is 10.5. The van der Waals surface area contributed by atoms with Crippen molar-refractivity contribution in [3.8, 4) is 5.75 Å². The van der Waals surface area contributed by atoms with Gasteiger partial charge in [-0.2, -0.15) is 0 Å². The number of ether oxygens (including phenoxy) is 2. The van der Waals surface area contributed by atoms with Gasteiger partial charge < -0.3 is 19.7 Å². The third-order valence-electron chi connectivity index (χ3n) is 4.82. The molecule has 29 heavy (non-hydrogen) atoms. The molecule has 1 aromatic heterocycles. The number of rotatable bonds is 8. The van der Waals surface area contributed by atoms with Gasteiger partial charge in [-0.1, -0.05) is 11.6 Å². The highest BCUT2D eigenvalue weighted by molar-refractivity contribution is 7.80. The molecule has 0 saturated carbocycles. The summed E-state index contributed by atoms with van der Waals surface area (Å²) < 4.78 is 10.9. The van der Waals surface area contributed by atoms with Gasteiger partial charge in [0.1, 0.15) is 5.75 Å². The second-order valence-corrected chi connectivity index (χ2v) is 7.68. The van der Waals surface area contributed by atoms with Crippen molar-refractivity contribution in [2.24, 2.45) is 0 Å². The Bertz CT molecular complexity index is 788. The van der Waals surface area contributed by atoms with E-state index >= 15 is 0 Å². The predicted molar refractivity (Wildman–Crippen MR) is 121 cm³/mol. The van der Waals surface area contributed by atoms with Crippen LogP contribution in [0, 0.1) is 0 Å². The number of benzene rings is 1. The van der Waals surface area contributed by atoms with Crippen LogP contribution in [-0.4, -0.2) is 66.4 Å². The summed E-state index contributed by atoms with van der Waals surface area (Å²) in [5.74, 6) is 0.664. The maximum atomic E-state index is 6.07. The van der Waals surface area contributed by atoms with Gasteiger partial charge in [0.25, 0.3) is 0 Å². The van der Waals surface area contributed by atoms with E-state index in [0.717, 1.165) is 51.5 Å². The lowest BCUT2D eigenvalue weighted by Gasteiger charge is -2.30. The fraction of sp³-hybridized carbons (Fsp3) is 0.429. The molecule has 2 heterocycles. The van der Waals surface area contributed by atoms with Crippen LogP contribution in [0.25, 0.3) is 0 Å². The van der Waals surface area contributed by atoms with Gasteiger partial charge in [0.15, 0.2) is 5.11 Å². The van der Waals surface area contributed by atoms with Gasteiger partial charge in [-0.15, -0.1) is 0 Å². The summed E-state index contributed by atoms with van der Waals surface area (Å²) in [5.41, 5.74) is 1.97. The summed E-state index contributed by atoms with van der Waals surface area (Å²) in [6.45, 7) is 6.22. The minimum atomic E-state index is 0.623. The molecular weight excluding hydrogens is 408 g/mol. The second-order valence-electron chi connectivity index (χ2n) is 6.86. The topological polar surface area (TPSA) is 49.9 Å². The van der Waals surface area contributed by atoms with Crippen molar-refractivity contribution in [1.82, 2.24) is 14.8 Å². The van der Waals surface area contributed by atoms with Crippen LogP contribution in [0.4, 0.5) is 5.69 Å². The van der Waals surface area contributed by atoms with E-state index in [-0.39, 0.29) is 0 Å². The third-order valence-corrected chi connectivity index (χ3v) is 5.42. The quantitative estimate of drug-likeness (QED) is 0.636. The number of hydrogen-bond acceptors (Lipinski definition) is 5. The average molecular weight is 435 g/mol. The van der Waals surface area contributed by atoms with Crippen molar-refractivity contribution in [2.45, 2.75) is 13.0 Å². The van der Waals surface area contributed by atoms with Gasteiger partial charge in [0.05, 0.1) is 26.0 Å². The Labute approximate surface area is 182 Å². The van der Waals surface area contributed by atoms with Gasteiger partial charge >= 0.3 is 0 Å². The first kappa shape index (κ1) is 21.8. The third kappa shape index (κ3) is 6.82. The van der Waals surface area contributed by atoms with E-state index in [1.54, 1.807) is 25.6 Å². The molecule has 2 aromatic rings. The van der Waals surface area contributed by atoms with E-state index < -0.39 is 0 Å². The number of thiocarbonyl (C=S) groups is 1. The summed E-state index contributed by atoms with van der Waals surface area (Å²) in [7, 11) is 1.62. The molecule has 1 N–H and O–H groups in total. The molecule has 1 aromatic carbocycles. The molecule has 0 unspecified atom stereocenters. The van der Waals surface area contributed by atoms with Crippen LogP contribution in [0.2, 0.25) is 5.02 Å². The molecule has 0 aliphatic carbocycles. The molecule has 1 aliphatic heterocycles. The molecule has 6 nitrogen and oxygen atoms in total. The SMILES string of the molecule is COc1cc(Cl)ccc1NC(=S)N(CCCN1CCOCC1)Cc1ccncc1. The standard InChI is InChI=1S/C21H27ClN4O2S/c1-27-20-15-18(22)3-4-19(20)24-21(29)26(16-17-5-7-23-8-6-17)10-2-9-25-11-13-28-14-12-25/h3-8,15H,2,9-14,16H2,1H3,(H,24,29). The minimum absolute atomic E-state index is 0.623. The van der Waals surface area contributed by atoms with Crippen molar-refractivity contribution >= 4 is 34.6 Å². The van der Waals surface area contributed by atoms with Gasteiger partial charge in [-0.05, 0) is 48.5 Å². The highest BCUT2D eigenvalue weighted by Gasteiger charge is 2.15. The number of methoxy groups -OCH3 is 1. The maximum absolute atomic E-state index is 6.07. The molecule has 1 fully saturated rings. The Morgan fingerprint density at radius 3 is 2.76 bits per heavy atom. The molecule has 1 aliphatic rings. The van der Waals surface area contributed by atoms with Gasteiger partial charge in [-0.3, -0.25) is 9.88 Å². The Hall–Kier alpha value is -1.93. The summed E-state index contributed by atoms with van der Waals surface area (Å²) >= 11 is 11.8. The van der Waals surface area contributed by atoms with E-state index in [1.165, 1.54) is 5.56 Å². The van der Waals surface area contributed by atoms with Crippen molar-refractivity contribution in [3.05, 3.63) is 53.3 Å². The Morgan fingerprint density at radius 1 is 1.28 bits per heavy atom. The van der Waals surface area contributed by atoms with E-state index in [4.69, 9.17) is 33.3 Å². The molecule has 0 atom stereocenters. The molecule has 0 amide bonds. The van der Waals surface area contributed by atoms with Gasteiger partial charge in [-0.25, -0.2) is 0 Å². The Kier molecular flexibility index (Phi) is 8.49. The lowest BCUT2D eigenvalue weighted by Crippen LogP contribution is -2.40. The molecule has 156 valence electrons. The number of aromatic nitrogens is 1. The van der Waals surface area contributed by atoms with Crippen molar-refractivity contribution in [1.29, 1.82) is 0 Å². The number of pyridine rings is 1. The fourth-order valence-corrected chi connectivity index (χ4v) is 3.66. The van der Waals surface area contributed by atoms with E-state index in [9.17, 15) is 0 Å². The van der Waals surface area contributed by atoms with Crippen LogP contribution < -0.4 is 10.1 Å². The summed E-state index contributed by atoms with van der Waals surface area (Å²) in [5, 5.41) is 4.60. The normalized spacial score (nSPS) is 14.4. The number of hydrogen-bond donors (Lipinski definition) is 1. The second kappa shape index (κ2) is 11.3. The predicted octanol–water partition coefficient (Wildman–Crippen LogP) is 3.66. The van der Waals surface area contributed by atoms with Crippen molar-refractivity contribution in [2.75, 3.05) is 51.8 Å². The molecule has 8 heteroatoms. The zero-order chi connectivity index (χ0) is 20.5. The molecule has 0 radical (unpaired) electrons.